The van der Waals surface area contributed by atoms with Crippen LogP contribution in [0.1, 0.15) is 24.2 Å². The molecule has 1 aliphatic heterocycles. The quantitative estimate of drug-likeness (QED) is 0.696. The molecule has 15 heavy (non-hydrogen) atoms. The van der Waals surface area contributed by atoms with Gasteiger partial charge in [0.2, 0.25) is 0 Å². The average Bonchev–Trinajstić information content (AvgIpc) is 2.27. The van der Waals surface area contributed by atoms with Crippen LogP contribution in [0.5, 0.6) is 11.5 Å². The van der Waals surface area contributed by atoms with Crippen molar-refractivity contribution in [2.75, 3.05) is 13.2 Å². The van der Waals surface area contributed by atoms with Gasteiger partial charge in [0, 0.05) is 11.5 Å². The van der Waals surface area contributed by atoms with E-state index in [2.05, 4.69) is 0 Å². The van der Waals surface area contributed by atoms with Crippen molar-refractivity contribution < 1.29 is 14.3 Å². The third-order valence-corrected chi connectivity index (χ3v) is 2.35. The number of fused-ring (bicyclic) bond motifs is 1. The Morgan fingerprint density at radius 3 is 2.53 bits per heavy atom. The molecule has 2 rings (SSSR count). The van der Waals surface area contributed by atoms with Crippen LogP contribution in [0.2, 0.25) is 0 Å². The number of carbonyl (C=O) groups excluding carboxylic acids is 1. The van der Waals surface area contributed by atoms with Crippen LogP contribution in [0.4, 0.5) is 0 Å². The minimum absolute atomic E-state index is 0.00700. The normalized spacial score (nSPS) is 14.1. The molecule has 3 heteroatoms. The third-order valence-electron chi connectivity index (χ3n) is 2.35. The van der Waals surface area contributed by atoms with Crippen molar-refractivity contribution >= 4 is 5.78 Å². The fraction of sp³-hybridized carbons (Fsp3) is 0.417. The highest BCUT2D eigenvalue weighted by Crippen LogP contribution is 2.31. The summed E-state index contributed by atoms with van der Waals surface area (Å²) in [6.07, 6.45) is 0. The van der Waals surface area contributed by atoms with Crippen LogP contribution in [-0.4, -0.2) is 19.0 Å². The highest BCUT2D eigenvalue weighted by atomic mass is 16.6. The zero-order valence-corrected chi connectivity index (χ0v) is 8.95. The molecule has 0 radical (unpaired) electrons. The summed E-state index contributed by atoms with van der Waals surface area (Å²) in [6.45, 7) is 4.90. The minimum Gasteiger partial charge on any atom is -0.486 e. The standard InChI is InChI=1S/C12H14O3/c1-8(2)12(13)9-3-4-10-11(7-9)15-6-5-14-10/h3-4,7-8H,5-6H2,1-2H3. The zero-order chi connectivity index (χ0) is 10.8. The fourth-order valence-electron chi connectivity index (χ4n) is 1.53. The van der Waals surface area contributed by atoms with Crippen molar-refractivity contribution in [3.8, 4) is 11.5 Å². The SMILES string of the molecule is CC(C)C(=O)c1ccc2c(c1)OCCO2. The van der Waals surface area contributed by atoms with Gasteiger partial charge in [-0.25, -0.2) is 0 Å². The van der Waals surface area contributed by atoms with Crippen molar-refractivity contribution in [3.63, 3.8) is 0 Å². The van der Waals surface area contributed by atoms with E-state index in [1.165, 1.54) is 0 Å². The average molecular weight is 206 g/mol. The number of carbonyl (C=O) groups is 1. The van der Waals surface area contributed by atoms with Gasteiger partial charge in [-0.05, 0) is 18.2 Å². The molecule has 0 fully saturated rings. The molecule has 80 valence electrons. The van der Waals surface area contributed by atoms with Gasteiger partial charge in [-0.3, -0.25) is 4.79 Å². The van der Waals surface area contributed by atoms with Gasteiger partial charge in [0.15, 0.2) is 17.3 Å². The van der Waals surface area contributed by atoms with Gasteiger partial charge < -0.3 is 9.47 Å². The number of ketones is 1. The molecule has 1 heterocycles. The van der Waals surface area contributed by atoms with Crippen molar-refractivity contribution in [3.05, 3.63) is 23.8 Å². The first-order chi connectivity index (χ1) is 7.18. The Bertz CT molecular complexity index is 382. The van der Waals surface area contributed by atoms with E-state index in [1.807, 2.05) is 13.8 Å². The summed E-state index contributed by atoms with van der Waals surface area (Å²) < 4.78 is 10.8. The largest absolute Gasteiger partial charge is 0.486 e. The second kappa shape index (κ2) is 3.93. The summed E-state index contributed by atoms with van der Waals surface area (Å²) in [5.41, 5.74) is 0.689. The predicted molar refractivity (Wildman–Crippen MR) is 56.6 cm³/mol. The maximum atomic E-state index is 11.7. The molecule has 0 N–H and O–H groups in total. The van der Waals surface area contributed by atoms with Crippen LogP contribution < -0.4 is 9.47 Å². The van der Waals surface area contributed by atoms with Crippen LogP contribution in [0, 0.1) is 5.92 Å². The number of hydrogen-bond acceptors (Lipinski definition) is 3. The summed E-state index contributed by atoms with van der Waals surface area (Å²) in [4.78, 5) is 11.7. The number of benzene rings is 1. The van der Waals surface area contributed by atoms with Crippen LogP contribution in [0.25, 0.3) is 0 Å². The molecule has 0 aliphatic carbocycles. The number of hydrogen-bond donors (Lipinski definition) is 0. The van der Waals surface area contributed by atoms with Crippen LogP contribution in [0.3, 0.4) is 0 Å². The van der Waals surface area contributed by atoms with Crippen LogP contribution >= 0.6 is 0 Å². The second-order valence-electron chi connectivity index (χ2n) is 3.88. The van der Waals surface area contributed by atoms with Gasteiger partial charge in [-0.1, -0.05) is 13.8 Å². The molecule has 0 atom stereocenters. The lowest BCUT2D eigenvalue weighted by Crippen LogP contribution is -2.16. The topological polar surface area (TPSA) is 35.5 Å². The molecule has 3 nitrogen and oxygen atoms in total. The van der Waals surface area contributed by atoms with E-state index in [9.17, 15) is 4.79 Å². The van der Waals surface area contributed by atoms with E-state index in [0.29, 0.717) is 24.5 Å². The van der Waals surface area contributed by atoms with E-state index in [0.717, 1.165) is 5.75 Å². The number of rotatable bonds is 2. The molecule has 1 aromatic rings. The summed E-state index contributed by atoms with van der Waals surface area (Å²) in [6, 6.07) is 5.34. The Hall–Kier alpha value is -1.51. The lowest BCUT2D eigenvalue weighted by molar-refractivity contribution is 0.0938. The molecule has 0 saturated heterocycles. The molecule has 0 spiro atoms. The van der Waals surface area contributed by atoms with E-state index < -0.39 is 0 Å². The van der Waals surface area contributed by atoms with Crippen molar-refractivity contribution in [1.29, 1.82) is 0 Å². The summed E-state index contributed by atoms with van der Waals surface area (Å²) in [5.74, 6) is 1.54. The van der Waals surface area contributed by atoms with Crippen molar-refractivity contribution in [2.24, 2.45) is 5.92 Å². The highest BCUT2D eigenvalue weighted by Gasteiger charge is 2.16. The predicted octanol–water partition coefficient (Wildman–Crippen LogP) is 2.30. The number of ether oxygens (including phenoxy) is 2. The lowest BCUT2D eigenvalue weighted by Gasteiger charge is -2.18. The molecule has 0 amide bonds. The van der Waals surface area contributed by atoms with Crippen molar-refractivity contribution in [1.82, 2.24) is 0 Å². The van der Waals surface area contributed by atoms with Gasteiger partial charge in [-0.2, -0.15) is 0 Å². The first kappa shape index (κ1) is 10.0. The molecule has 0 saturated carbocycles. The Kier molecular flexibility index (Phi) is 2.62. The molecule has 0 aromatic heterocycles. The molecule has 1 aromatic carbocycles. The maximum absolute atomic E-state index is 11.7. The maximum Gasteiger partial charge on any atom is 0.165 e. The first-order valence-electron chi connectivity index (χ1n) is 5.12. The van der Waals surface area contributed by atoms with Gasteiger partial charge in [0.25, 0.3) is 0 Å². The van der Waals surface area contributed by atoms with Crippen LogP contribution in [0.15, 0.2) is 18.2 Å². The summed E-state index contributed by atoms with van der Waals surface area (Å²) >= 11 is 0. The third kappa shape index (κ3) is 1.96. The molecule has 1 aliphatic rings. The Labute approximate surface area is 89.0 Å². The Morgan fingerprint density at radius 1 is 1.20 bits per heavy atom. The van der Waals surface area contributed by atoms with Crippen molar-refractivity contribution in [2.45, 2.75) is 13.8 Å². The summed E-state index contributed by atoms with van der Waals surface area (Å²) in [7, 11) is 0. The minimum atomic E-state index is 0.00700. The van der Waals surface area contributed by atoms with Gasteiger partial charge in [0.05, 0.1) is 0 Å². The van der Waals surface area contributed by atoms with E-state index in [4.69, 9.17) is 9.47 Å². The van der Waals surface area contributed by atoms with Crippen LogP contribution in [-0.2, 0) is 0 Å². The lowest BCUT2D eigenvalue weighted by atomic mass is 10.0. The Morgan fingerprint density at radius 2 is 1.87 bits per heavy atom. The molecular weight excluding hydrogens is 192 g/mol. The highest BCUT2D eigenvalue weighted by molar-refractivity contribution is 5.98. The van der Waals surface area contributed by atoms with E-state index >= 15 is 0 Å². The number of Topliss-reactive ketones (excluding diaryl/α,β-unsaturated/α-hetero) is 1. The van der Waals surface area contributed by atoms with Gasteiger partial charge >= 0.3 is 0 Å². The monoisotopic (exact) mass is 206 g/mol. The zero-order valence-electron chi connectivity index (χ0n) is 8.95. The first-order valence-corrected chi connectivity index (χ1v) is 5.12. The molecule has 0 unspecified atom stereocenters. The molecule has 0 bridgehead atoms. The van der Waals surface area contributed by atoms with E-state index in [-0.39, 0.29) is 11.7 Å². The van der Waals surface area contributed by atoms with E-state index in [1.54, 1.807) is 18.2 Å². The smallest absolute Gasteiger partial charge is 0.165 e. The fourth-order valence-corrected chi connectivity index (χ4v) is 1.53. The Balaban J connectivity index is 2.32. The van der Waals surface area contributed by atoms with Gasteiger partial charge in [0.1, 0.15) is 13.2 Å². The second-order valence-corrected chi connectivity index (χ2v) is 3.88. The molecular formula is C12H14O3. The summed E-state index contributed by atoms with van der Waals surface area (Å²) in [5, 5.41) is 0. The van der Waals surface area contributed by atoms with Gasteiger partial charge in [-0.15, -0.1) is 0 Å².